The zero-order valence-corrected chi connectivity index (χ0v) is 12.1. The van der Waals surface area contributed by atoms with Crippen LogP contribution in [0.3, 0.4) is 0 Å². The number of hydrogen-bond donors (Lipinski definition) is 2. The number of phenols is 1. The molecule has 0 spiro atoms. The highest BCUT2D eigenvalue weighted by atomic mass is 32.1. The zero-order valence-electron chi connectivity index (χ0n) is 11.2. The van der Waals surface area contributed by atoms with E-state index in [1.807, 2.05) is 0 Å². The Balaban J connectivity index is 2.29. The van der Waals surface area contributed by atoms with E-state index in [2.05, 4.69) is 12.6 Å². The van der Waals surface area contributed by atoms with Gasteiger partial charge in [0.25, 0.3) is 11.4 Å². The Hall–Kier alpha value is -2.61. The zero-order chi connectivity index (χ0) is 16.3. The van der Waals surface area contributed by atoms with E-state index in [-0.39, 0.29) is 28.8 Å². The lowest BCUT2D eigenvalue weighted by Crippen LogP contribution is -1.99. The summed E-state index contributed by atoms with van der Waals surface area (Å²) < 4.78 is 0. The van der Waals surface area contributed by atoms with Gasteiger partial charge in [0.15, 0.2) is 0 Å². The number of nitro benzene ring substituents is 2. The number of aromatic hydroxyl groups is 1. The summed E-state index contributed by atoms with van der Waals surface area (Å²) in [5.41, 5.74) is 0.607. The third-order valence-electron chi connectivity index (χ3n) is 3.09. The molecule has 0 heterocycles. The van der Waals surface area contributed by atoms with Crippen molar-refractivity contribution < 1.29 is 15.0 Å². The van der Waals surface area contributed by atoms with Crippen molar-refractivity contribution in [2.45, 2.75) is 11.7 Å². The van der Waals surface area contributed by atoms with Crippen molar-refractivity contribution in [2.75, 3.05) is 0 Å². The highest BCUT2D eigenvalue weighted by Gasteiger charge is 2.18. The van der Waals surface area contributed by atoms with Crippen LogP contribution in [-0.2, 0) is 6.42 Å². The minimum atomic E-state index is -0.662. The summed E-state index contributed by atoms with van der Waals surface area (Å²) in [5, 5.41) is 30.7. The first-order valence-electron chi connectivity index (χ1n) is 6.26. The van der Waals surface area contributed by atoms with Gasteiger partial charge in [-0.15, -0.1) is 0 Å². The molecule has 2 rings (SSSR count). The molecule has 2 aromatic carbocycles. The Kier molecular flexibility index (Phi) is 4.62. The molecule has 2 aromatic rings. The summed E-state index contributed by atoms with van der Waals surface area (Å²) in [6, 6.07) is 9.91. The summed E-state index contributed by atoms with van der Waals surface area (Å²) in [6.45, 7) is 0. The maximum atomic E-state index is 10.9. The second kappa shape index (κ2) is 6.44. The van der Waals surface area contributed by atoms with Crippen LogP contribution in [-0.4, -0.2) is 15.0 Å². The van der Waals surface area contributed by atoms with Gasteiger partial charge in [0.05, 0.1) is 15.9 Å². The van der Waals surface area contributed by atoms with Crippen molar-refractivity contribution in [2.24, 2.45) is 0 Å². The summed E-state index contributed by atoms with van der Waals surface area (Å²) in [7, 11) is 0. The van der Waals surface area contributed by atoms with Gasteiger partial charge >= 0.3 is 0 Å². The van der Waals surface area contributed by atoms with Crippen LogP contribution in [0.5, 0.6) is 5.75 Å². The van der Waals surface area contributed by atoms with E-state index in [9.17, 15) is 25.3 Å². The highest BCUT2D eigenvalue weighted by molar-refractivity contribution is 7.80. The van der Waals surface area contributed by atoms with Gasteiger partial charge in [-0.25, -0.2) is 0 Å². The lowest BCUT2D eigenvalue weighted by Gasteiger charge is -2.11. The first-order valence-corrected chi connectivity index (χ1v) is 6.78. The smallest absolute Gasteiger partial charge is 0.276 e. The Morgan fingerprint density at radius 3 is 1.95 bits per heavy atom. The van der Waals surface area contributed by atoms with E-state index in [4.69, 9.17) is 0 Å². The maximum absolute atomic E-state index is 10.9. The third kappa shape index (κ3) is 3.73. The number of benzene rings is 2. The van der Waals surface area contributed by atoms with Gasteiger partial charge in [-0.2, -0.15) is 12.6 Å². The molecule has 0 aliphatic heterocycles. The van der Waals surface area contributed by atoms with Gasteiger partial charge < -0.3 is 5.11 Å². The summed E-state index contributed by atoms with van der Waals surface area (Å²) in [6.07, 6.45) is 0.288. The molecule has 0 aliphatic carbocycles. The standard InChI is InChI=1S/C14H12N2O5S/c17-13-3-1-10(2-4-13)14(22)7-9-5-11(15(18)19)8-12(6-9)16(20)21/h1-6,8,14,17,22H,7H2. The fourth-order valence-corrected chi connectivity index (χ4v) is 2.41. The van der Waals surface area contributed by atoms with E-state index in [1.165, 1.54) is 24.3 Å². The van der Waals surface area contributed by atoms with E-state index < -0.39 is 9.85 Å². The van der Waals surface area contributed by atoms with Crippen LogP contribution < -0.4 is 0 Å². The maximum Gasteiger partial charge on any atom is 0.276 e. The van der Waals surface area contributed by atoms with Crippen LogP contribution in [0.1, 0.15) is 16.4 Å². The minimum absolute atomic E-state index is 0.121. The third-order valence-corrected chi connectivity index (χ3v) is 3.57. The quantitative estimate of drug-likeness (QED) is 0.498. The van der Waals surface area contributed by atoms with Gasteiger partial charge in [-0.3, -0.25) is 20.2 Å². The minimum Gasteiger partial charge on any atom is -0.508 e. The van der Waals surface area contributed by atoms with Crippen molar-refractivity contribution >= 4 is 24.0 Å². The molecule has 0 bridgehead atoms. The van der Waals surface area contributed by atoms with Crippen LogP contribution >= 0.6 is 12.6 Å². The van der Waals surface area contributed by atoms with Crippen molar-refractivity contribution in [3.8, 4) is 5.75 Å². The normalized spacial score (nSPS) is 11.9. The van der Waals surface area contributed by atoms with Crippen molar-refractivity contribution in [3.05, 3.63) is 73.8 Å². The Morgan fingerprint density at radius 1 is 1.00 bits per heavy atom. The average molecular weight is 320 g/mol. The number of phenolic OH excluding ortho intramolecular Hbond substituents is 1. The second-order valence-corrected chi connectivity index (χ2v) is 5.31. The topological polar surface area (TPSA) is 107 Å². The number of non-ortho nitro benzene ring substituents is 2. The molecule has 0 fully saturated rings. The number of hydrogen-bond acceptors (Lipinski definition) is 6. The number of nitro groups is 2. The van der Waals surface area contributed by atoms with Gasteiger partial charge in [0.2, 0.25) is 0 Å². The van der Waals surface area contributed by atoms with Crippen LogP contribution in [0.15, 0.2) is 42.5 Å². The first-order chi connectivity index (χ1) is 10.4. The molecule has 1 unspecified atom stereocenters. The number of thiol groups is 1. The van der Waals surface area contributed by atoms with Crippen LogP contribution in [0.2, 0.25) is 0 Å². The molecule has 1 N–H and O–H groups in total. The molecule has 0 aliphatic rings. The number of nitrogens with zero attached hydrogens (tertiary/aromatic N) is 2. The molecule has 114 valence electrons. The SMILES string of the molecule is O=[N+]([O-])c1cc(CC(S)c2ccc(O)cc2)cc([N+](=O)[O-])c1. The molecule has 0 aromatic heterocycles. The summed E-state index contributed by atoms with van der Waals surface area (Å²) >= 11 is 4.42. The molecule has 8 heteroatoms. The van der Waals surface area contributed by atoms with Crippen molar-refractivity contribution in [3.63, 3.8) is 0 Å². The average Bonchev–Trinajstić information content (AvgIpc) is 2.47. The van der Waals surface area contributed by atoms with E-state index in [0.717, 1.165) is 11.6 Å². The fraction of sp³-hybridized carbons (Fsp3) is 0.143. The molecule has 0 saturated carbocycles. The number of rotatable bonds is 5. The van der Waals surface area contributed by atoms with Crippen LogP contribution in [0.25, 0.3) is 0 Å². The van der Waals surface area contributed by atoms with Gasteiger partial charge in [-0.1, -0.05) is 12.1 Å². The Labute approximate surface area is 130 Å². The predicted octanol–water partition coefficient (Wildman–Crippen LogP) is 3.42. The summed E-state index contributed by atoms with van der Waals surface area (Å²) in [5.74, 6) is 0.121. The molecular formula is C14H12N2O5S. The lowest BCUT2D eigenvalue weighted by molar-refractivity contribution is -0.394. The van der Waals surface area contributed by atoms with Crippen molar-refractivity contribution in [1.82, 2.24) is 0 Å². The van der Waals surface area contributed by atoms with Gasteiger partial charge in [-0.05, 0) is 29.7 Å². The molecule has 0 saturated heterocycles. The van der Waals surface area contributed by atoms with Gasteiger partial charge in [0.1, 0.15) is 5.75 Å². The molecular weight excluding hydrogens is 308 g/mol. The van der Waals surface area contributed by atoms with Crippen LogP contribution in [0.4, 0.5) is 11.4 Å². The largest absolute Gasteiger partial charge is 0.508 e. The molecule has 22 heavy (non-hydrogen) atoms. The molecule has 0 amide bonds. The predicted molar refractivity (Wildman–Crippen MR) is 83.3 cm³/mol. The van der Waals surface area contributed by atoms with E-state index >= 15 is 0 Å². The Bertz CT molecular complexity index is 685. The molecule has 7 nitrogen and oxygen atoms in total. The van der Waals surface area contributed by atoms with E-state index in [1.54, 1.807) is 12.1 Å². The molecule has 0 radical (unpaired) electrons. The van der Waals surface area contributed by atoms with Crippen molar-refractivity contribution in [1.29, 1.82) is 0 Å². The van der Waals surface area contributed by atoms with Crippen LogP contribution in [0, 0.1) is 20.2 Å². The first kappa shape index (κ1) is 15.8. The van der Waals surface area contributed by atoms with E-state index in [0.29, 0.717) is 5.56 Å². The molecule has 1 atom stereocenters. The lowest BCUT2D eigenvalue weighted by atomic mass is 10.0. The second-order valence-electron chi connectivity index (χ2n) is 4.68. The van der Waals surface area contributed by atoms with Gasteiger partial charge in [0, 0.05) is 17.4 Å². The Morgan fingerprint density at radius 2 is 1.50 bits per heavy atom. The summed E-state index contributed by atoms with van der Waals surface area (Å²) in [4.78, 5) is 20.4. The monoisotopic (exact) mass is 320 g/mol. The fourth-order valence-electron chi connectivity index (χ4n) is 2.02. The highest BCUT2D eigenvalue weighted by Crippen LogP contribution is 2.29.